The van der Waals surface area contributed by atoms with Gasteiger partial charge in [-0.3, -0.25) is 0 Å². The lowest BCUT2D eigenvalue weighted by Gasteiger charge is -2.09. The van der Waals surface area contributed by atoms with E-state index in [0.717, 1.165) is 21.6 Å². The minimum Gasteiger partial charge on any atom is -0.497 e. The molecule has 2 rings (SSSR count). The lowest BCUT2D eigenvalue weighted by Crippen LogP contribution is -2.02. The Morgan fingerprint density at radius 2 is 2.22 bits per heavy atom. The van der Waals surface area contributed by atoms with Crippen LogP contribution in [0, 0.1) is 0 Å². The van der Waals surface area contributed by atoms with Gasteiger partial charge in [0.15, 0.2) is 0 Å². The molecular formula is C13H14BrN3O. The zero-order valence-electron chi connectivity index (χ0n) is 9.98. The number of nitrogens with one attached hydrogen (secondary N) is 1. The molecule has 1 aromatic heterocycles. The molecule has 0 spiro atoms. The molecule has 0 saturated carbocycles. The Balaban J connectivity index is 2.06. The number of nitrogens with two attached hydrogens (primary N) is 1. The number of ether oxygens (including phenoxy) is 1. The molecule has 0 amide bonds. The van der Waals surface area contributed by atoms with Crippen molar-refractivity contribution >= 4 is 27.4 Å². The Kier molecular flexibility index (Phi) is 4.04. The molecule has 4 nitrogen and oxygen atoms in total. The van der Waals surface area contributed by atoms with Gasteiger partial charge in [0.2, 0.25) is 0 Å². The van der Waals surface area contributed by atoms with Crippen molar-refractivity contribution < 1.29 is 4.74 Å². The van der Waals surface area contributed by atoms with Crippen molar-refractivity contribution in [3.63, 3.8) is 0 Å². The first-order chi connectivity index (χ1) is 8.69. The first kappa shape index (κ1) is 12.7. The average molecular weight is 308 g/mol. The van der Waals surface area contributed by atoms with Crippen LogP contribution in [0.25, 0.3) is 0 Å². The van der Waals surface area contributed by atoms with Crippen LogP contribution in [0.4, 0.5) is 11.5 Å². The summed E-state index contributed by atoms with van der Waals surface area (Å²) in [6.07, 6.45) is 1.62. The van der Waals surface area contributed by atoms with Gasteiger partial charge in [-0.1, -0.05) is 12.1 Å². The van der Waals surface area contributed by atoms with E-state index in [1.54, 1.807) is 13.3 Å². The third kappa shape index (κ3) is 3.13. The number of aromatic nitrogens is 1. The van der Waals surface area contributed by atoms with Gasteiger partial charge in [-0.05, 0) is 39.7 Å². The second-order valence-corrected chi connectivity index (χ2v) is 4.66. The summed E-state index contributed by atoms with van der Waals surface area (Å²) >= 11 is 3.42. The predicted molar refractivity (Wildman–Crippen MR) is 76.7 cm³/mol. The molecule has 0 unspecified atom stereocenters. The number of methoxy groups -OCH3 is 1. The molecule has 0 aliphatic carbocycles. The summed E-state index contributed by atoms with van der Waals surface area (Å²) in [5, 5.41) is 3.24. The quantitative estimate of drug-likeness (QED) is 0.911. The monoisotopic (exact) mass is 307 g/mol. The van der Waals surface area contributed by atoms with Gasteiger partial charge < -0.3 is 15.8 Å². The highest BCUT2D eigenvalue weighted by Gasteiger charge is 2.02. The van der Waals surface area contributed by atoms with Crippen LogP contribution in [-0.2, 0) is 6.54 Å². The van der Waals surface area contributed by atoms with Crippen LogP contribution >= 0.6 is 15.9 Å². The molecule has 18 heavy (non-hydrogen) atoms. The van der Waals surface area contributed by atoms with E-state index < -0.39 is 0 Å². The van der Waals surface area contributed by atoms with E-state index in [9.17, 15) is 0 Å². The lowest BCUT2D eigenvalue weighted by molar-refractivity contribution is 0.414. The van der Waals surface area contributed by atoms with E-state index in [1.165, 1.54) is 0 Å². The summed E-state index contributed by atoms with van der Waals surface area (Å²) in [5.41, 5.74) is 7.39. The lowest BCUT2D eigenvalue weighted by atomic mass is 10.2. The van der Waals surface area contributed by atoms with Gasteiger partial charge in [-0.2, -0.15) is 0 Å². The zero-order chi connectivity index (χ0) is 13.0. The molecule has 3 N–H and O–H groups in total. The van der Waals surface area contributed by atoms with Crippen LogP contribution in [0.3, 0.4) is 0 Å². The number of nitrogen functional groups attached to an aromatic ring is 1. The molecule has 0 atom stereocenters. The second kappa shape index (κ2) is 5.73. The second-order valence-electron chi connectivity index (χ2n) is 3.80. The molecule has 0 aliphatic heterocycles. The van der Waals surface area contributed by atoms with Gasteiger partial charge in [0.25, 0.3) is 0 Å². The number of hydrogen-bond acceptors (Lipinski definition) is 4. The number of halogens is 1. The summed E-state index contributed by atoms with van der Waals surface area (Å²) in [6.45, 7) is 0.673. The Morgan fingerprint density at radius 3 is 2.94 bits per heavy atom. The number of anilines is 2. The molecule has 5 heteroatoms. The van der Waals surface area contributed by atoms with Crippen LogP contribution in [-0.4, -0.2) is 12.1 Å². The molecule has 0 radical (unpaired) electrons. The zero-order valence-corrected chi connectivity index (χ0v) is 11.6. The topological polar surface area (TPSA) is 60.2 Å². The van der Waals surface area contributed by atoms with Gasteiger partial charge in [-0.25, -0.2) is 4.98 Å². The fourth-order valence-electron chi connectivity index (χ4n) is 1.55. The maximum atomic E-state index is 5.64. The molecule has 2 aromatic rings. The van der Waals surface area contributed by atoms with Gasteiger partial charge in [0.1, 0.15) is 11.6 Å². The molecule has 0 fully saturated rings. The van der Waals surface area contributed by atoms with Crippen molar-refractivity contribution in [1.29, 1.82) is 0 Å². The van der Waals surface area contributed by atoms with E-state index in [1.807, 2.05) is 30.3 Å². The first-order valence-corrected chi connectivity index (χ1v) is 6.26. The van der Waals surface area contributed by atoms with E-state index in [4.69, 9.17) is 10.5 Å². The summed E-state index contributed by atoms with van der Waals surface area (Å²) in [5.74, 6) is 1.62. The standard InChI is InChI=1S/C13H14BrN3O/c1-18-11-4-2-3-9(5-11)7-16-13-12(14)6-10(15)8-17-13/h2-6,8H,7,15H2,1H3,(H,16,17). The van der Waals surface area contributed by atoms with Crippen LogP contribution in [0.1, 0.15) is 5.56 Å². The van der Waals surface area contributed by atoms with Crippen molar-refractivity contribution in [2.75, 3.05) is 18.2 Å². The van der Waals surface area contributed by atoms with Gasteiger partial charge >= 0.3 is 0 Å². The Labute approximate surface area is 114 Å². The largest absolute Gasteiger partial charge is 0.497 e. The molecule has 0 aliphatic rings. The van der Waals surface area contributed by atoms with Gasteiger partial charge in [0.05, 0.1) is 23.5 Å². The third-order valence-electron chi connectivity index (χ3n) is 2.46. The first-order valence-electron chi connectivity index (χ1n) is 5.47. The van der Waals surface area contributed by atoms with Crippen LogP contribution in [0.5, 0.6) is 5.75 Å². The molecule has 0 saturated heterocycles. The fourth-order valence-corrected chi connectivity index (χ4v) is 2.06. The summed E-state index contributed by atoms with van der Waals surface area (Å²) in [7, 11) is 1.66. The highest BCUT2D eigenvalue weighted by atomic mass is 79.9. The minimum absolute atomic E-state index is 0.633. The highest BCUT2D eigenvalue weighted by molar-refractivity contribution is 9.10. The number of hydrogen-bond donors (Lipinski definition) is 2. The van der Waals surface area contributed by atoms with E-state index >= 15 is 0 Å². The SMILES string of the molecule is COc1cccc(CNc2ncc(N)cc2Br)c1. The van der Waals surface area contributed by atoms with Crippen LogP contribution < -0.4 is 15.8 Å². The average Bonchev–Trinajstić information content (AvgIpc) is 2.38. The highest BCUT2D eigenvalue weighted by Crippen LogP contribution is 2.22. The van der Waals surface area contributed by atoms with Crippen molar-refractivity contribution in [3.8, 4) is 5.75 Å². The van der Waals surface area contributed by atoms with Crippen molar-refractivity contribution in [2.24, 2.45) is 0 Å². The van der Waals surface area contributed by atoms with Gasteiger partial charge in [0, 0.05) is 6.54 Å². The minimum atomic E-state index is 0.633. The van der Waals surface area contributed by atoms with Crippen LogP contribution in [0.15, 0.2) is 41.0 Å². The smallest absolute Gasteiger partial charge is 0.140 e. The maximum Gasteiger partial charge on any atom is 0.140 e. The molecule has 1 heterocycles. The van der Waals surface area contributed by atoms with E-state index in [-0.39, 0.29) is 0 Å². The van der Waals surface area contributed by atoms with E-state index in [0.29, 0.717) is 12.2 Å². The Hall–Kier alpha value is -1.75. The number of pyridine rings is 1. The Morgan fingerprint density at radius 1 is 1.39 bits per heavy atom. The molecule has 1 aromatic carbocycles. The molecular weight excluding hydrogens is 294 g/mol. The number of rotatable bonds is 4. The molecule has 0 bridgehead atoms. The van der Waals surface area contributed by atoms with Crippen molar-refractivity contribution in [2.45, 2.75) is 6.54 Å². The summed E-state index contributed by atoms with van der Waals surface area (Å²) < 4.78 is 6.03. The van der Waals surface area contributed by atoms with Crippen molar-refractivity contribution in [3.05, 3.63) is 46.6 Å². The third-order valence-corrected chi connectivity index (χ3v) is 3.06. The Bertz CT molecular complexity index is 546. The predicted octanol–water partition coefficient (Wildman–Crippen LogP) is 3.05. The van der Waals surface area contributed by atoms with Crippen LogP contribution in [0.2, 0.25) is 0 Å². The normalized spacial score (nSPS) is 10.1. The summed E-state index contributed by atoms with van der Waals surface area (Å²) in [6, 6.07) is 9.71. The maximum absolute atomic E-state index is 5.64. The fraction of sp³-hybridized carbons (Fsp3) is 0.154. The van der Waals surface area contributed by atoms with Crippen molar-refractivity contribution in [1.82, 2.24) is 4.98 Å². The number of benzene rings is 1. The van der Waals surface area contributed by atoms with Gasteiger partial charge in [-0.15, -0.1) is 0 Å². The molecule has 94 valence electrons. The number of nitrogens with zero attached hydrogens (tertiary/aromatic N) is 1. The van der Waals surface area contributed by atoms with E-state index in [2.05, 4.69) is 26.2 Å². The summed E-state index contributed by atoms with van der Waals surface area (Å²) in [4.78, 5) is 4.22.